The van der Waals surface area contributed by atoms with Crippen molar-refractivity contribution < 1.29 is 0 Å². The lowest BCUT2D eigenvalue weighted by Crippen LogP contribution is -2.11. The minimum absolute atomic E-state index is 0.874. The van der Waals surface area contributed by atoms with Crippen LogP contribution < -0.4 is 5.32 Å². The number of nitrogens with one attached hydrogen (secondary N) is 1. The number of aryl methyl sites for hydroxylation is 2. The van der Waals surface area contributed by atoms with Crippen molar-refractivity contribution in [1.29, 1.82) is 0 Å². The molecule has 2 nitrogen and oxygen atoms in total. The first-order chi connectivity index (χ1) is 10.4. The molecule has 21 heavy (non-hydrogen) atoms. The molecule has 2 aromatic rings. The van der Waals surface area contributed by atoms with Crippen molar-refractivity contribution in [2.45, 2.75) is 19.3 Å². The lowest BCUT2D eigenvalue weighted by molar-refractivity contribution is 0.734. The summed E-state index contributed by atoms with van der Waals surface area (Å²) in [5.41, 5.74) is 6.63. The van der Waals surface area contributed by atoms with Crippen molar-refractivity contribution in [3.8, 4) is 0 Å². The van der Waals surface area contributed by atoms with Crippen molar-refractivity contribution in [2.24, 2.45) is 4.99 Å². The summed E-state index contributed by atoms with van der Waals surface area (Å²) < 4.78 is 0. The Kier molecular flexibility index (Phi) is 4.46. The van der Waals surface area contributed by atoms with E-state index < -0.39 is 0 Å². The molecule has 1 N–H and O–H groups in total. The first-order valence-electron chi connectivity index (χ1n) is 7.76. The first-order valence-corrected chi connectivity index (χ1v) is 7.76. The van der Waals surface area contributed by atoms with Crippen molar-refractivity contribution in [1.82, 2.24) is 5.32 Å². The molecule has 0 amide bonds. The summed E-state index contributed by atoms with van der Waals surface area (Å²) in [6, 6.07) is 17.4. The molecule has 2 aromatic carbocycles. The zero-order valence-corrected chi connectivity index (χ0v) is 12.6. The Morgan fingerprint density at radius 1 is 0.905 bits per heavy atom. The fourth-order valence-corrected chi connectivity index (χ4v) is 2.97. The molecule has 0 fully saturated rings. The van der Waals surface area contributed by atoms with E-state index in [1.165, 1.54) is 28.0 Å². The monoisotopic (exact) mass is 278 g/mol. The molecule has 0 heterocycles. The Balaban J connectivity index is 2.03. The van der Waals surface area contributed by atoms with Crippen LogP contribution in [0.2, 0.25) is 0 Å². The van der Waals surface area contributed by atoms with Gasteiger partial charge in [-0.25, -0.2) is 0 Å². The largest absolute Gasteiger partial charge is 0.320 e. The quantitative estimate of drug-likeness (QED) is 0.853. The standard InChI is InChI=1S/C19H22N2/c1-20-13-6-14-21-19-17-9-4-2-7-15(17)11-12-16-8-3-5-10-18(16)19/h2-5,7-10,20H,6,11-14H2,1H3. The summed E-state index contributed by atoms with van der Waals surface area (Å²) in [6.07, 6.45) is 3.27. The minimum atomic E-state index is 0.874. The molecule has 0 unspecified atom stereocenters. The lowest BCUT2D eigenvalue weighted by Gasteiger charge is -2.10. The Hall–Kier alpha value is -1.93. The number of aliphatic imine (C=N–C) groups is 1. The van der Waals surface area contributed by atoms with E-state index in [0.29, 0.717) is 0 Å². The van der Waals surface area contributed by atoms with E-state index in [4.69, 9.17) is 4.99 Å². The SMILES string of the molecule is CNCCCN=C1c2ccccc2CCc2ccccc21. The zero-order chi connectivity index (χ0) is 14.5. The number of hydrogen-bond acceptors (Lipinski definition) is 2. The molecule has 1 aliphatic carbocycles. The van der Waals surface area contributed by atoms with Crippen LogP contribution in [0.1, 0.15) is 28.7 Å². The number of nitrogens with zero attached hydrogens (tertiary/aromatic N) is 1. The Labute approximate surface area is 126 Å². The molecule has 0 saturated heterocycles. The minimum Gasteiger partial charge on any atom is -0.320 e. The molecule has 0 bridgehead atoms. The van der Waals surface area contributed by atoms with Crippen molar-refractivity contribution in [3.05, 3.63) is 70.8 Å². The van der Waals surface area contributed by atoms with E-state index in [0.717, 1.165) is 32.4 Å². The van der Waals surface area contributed by atoms with E-state index in [2.05, 4.69) is 53.8 Å². The number of fused-ring (bicyclic) bond motifs is 2. The van der Waals surface area contributed by atoms with Gasteiger partial charge < -0.3 is 5.32 Å². The van der Waals surface area contributed by atoms with Gasteiger partial charge in [0.1, 0.15) is 0 Å². The van der Waals surface area contributed by atoms with E-state index in [1.807, 2.05) is 7.05 Å². The third-order valence-corrected chi connectivity index (χ3v) is 4.06. The van der Waals surface area contributed by atoms with Crippen LogP contribution in [0.15, 0.2) is 53.5 Å². The summed E-state index contributed by atoms with van der Waals surface area (Å²) in [7, 11) is 1.99. The zero-order valence-electron chi connectivity index (χ0n) is 12.6. The molecule has 0 aliphatic heterocycles. The van der Waals surface area contributed by atoms with Crippen molar-refractivity contribution in [3.63, 3.8) is 0 Å². The number of benzene rings is 2. The molecule has 0 atom stereocenters. The van der Waals surface area contributed by atoms with Crippen LogP contribution in [-0.4, -0.2) is 25.8 Å². The van der Waals surface area contributed by atoms with E-state index in [1.54, 1.807) is 0 Å². The van der Waals surface area contributed by atoms with Crippen molar-refractivity contribution >= 4 is 5.71 Å². The van der Waals surface area contributed by atoms with E-state index >= 15 is 0 Å². The predicted molar refractivity (Wildman–Crippen MR) is 89.3 cm³/mol. The highest BCUT2D eigenvalue weighted by atomic mass is 14.8. The highest BCUT2D eigenvalue weighted by molar-refractivity contribution is 6.15. The second-order valence-electron chi connectivity index (χ2n) is 5.50. The summed E-state index contributed by atoms with van der Waals surface area (Å²) in [5, 5.41) is 3.19. The van der Waals surface area contributed by atoms with Gasteiger partial charge in [0.2, 0.25) is 0 Å². The second-order valence-corrected chi connectivity index (χ2v) is 5.50. The number of hydrogen-bond donors (Lipinski definition) is 1. The maximum atomic E-state index is 4.94. The van der Waals surface area contributed by atoms with Gasteiger partial charge in [-0.3, -0.25) is 4.99 Å². The maximum Gasteiger partial charge on any atom is 0.0724 e. The molecule has 0 spiro atoms. The van der Waals surface area contributed by atoms with E-state index in [-0.39, 0.29) is 0 Å². The summed E-state index contributed by atoms with van der Waals surface area (Å²) in [4.78, 5) is 4.94. The topological polar surface area (TPSA) is 24.4 Å². The Bertz CT molecular complexity index is 594. The van der Waals surface area contributed by atoms with Gasteiger partial charge >= 0.3 is 0 Å². The highest BCUT2D eigenvalue weighted by Crippen LogP contribution is 2.25. The average molecular weight is 278 g/mol. The number of rotatable bonds is 4. The molecular weight excluding hydrogens is 256 g/mol. The average Bonchev–Trinajstić information content (AvgIpc) is 2.69. The summed E-state index contributed by atoms with van der Waals surface area (Å²) in [6.45, 7) is 1.89. The van der Waals surface area contributed by atoms with Gasteiger partial charge in [-0.1, -0.05) is 48.5 Å². The summed E-state index contributed by atoms with van der Waals surface area (Å²) in [5.74, 6) is 0. The van der Waals surface area contributed by atoms with Crippen LogP contribution in [0.3, 0.4) is 0 Å². The van der Waals surface area contributed by atoms with E-state index in [9.17, 15) is 0 Å². The van der Waals surface area contributed by atoms with Crippen LogP contribution in [0, 0.1) is 0 Å². The molecule has 3 rings (SSSR count). The van der Waals surface area contributed by atoms with Crippen molar-refractivity contribution in [2.75, 3.05) is 20.1 Å². The van der Waals surface area contributed by atoms with Crippen LogP contribution in [0.5, 0.6) is 0 Å². The van der Waals surface area contributed by atoms with Gasteiger partial charge in [-0.05, 0) is 44.0 Å². The van der Waals surface area contributed by atoms with Gasteiger partial charge in [0.25, 0.3) is 0 Å². The first kappa shape index (κ1) is 14.0. The fourth-order valence-electron chi connectivity index (χ4n) is 2.97. The molecular formula is C19H22N2. The summed E-state index contributed by atoms with van der Waals surface area (Å²) >= 11 is 0. The van der Waals surface area contributed by atoms with Gasteiger partial charge in [0.05, 0.1) is 5.71 Å². The third kappa shape index (κ3) is 3.06. The molecule has 2 heteroatoms. The van der Waals surface area contributed by atoms with Gasteiger partial charge in [0.15, 0.2) is 0 Å². The second kappa shape index (κ2) is 6.68. The molecule has 108 valence electrons. The maximum absolute atomic E-state index is 4.94. The third-order valence-electron chi connectivity index (χ3n) is 4.06. The predicted octanol–water partition coefficient (Wildman–Crippen LogP) is 3.23. The fraction of sp³-hybridized carbons (Fsp3) is 0.316. The normalized spacial score (nSPS) is 13.3. The molecule has 0 saturated carbocycles. The van der Waals surface area contributed by atoms with Gasteiger partial charge in [0, 0.05) is 17.7 Å². The van der Waals surface area contributed by atoms with Crippen LogP contribution >= 0.6 is 0 Å². The van der Waals surface area contributed by atoms with Gasteiger partial charge in [-0.2, -0.15) is 0 Å². The van der Waals surface area contributed by atoms with Crippen LogP contribution in [-0.2, 0) is 12.8 Å². The Morgan fingerprint density at radius 3 is 2.05 bits per heavy atom. The van der Waals surface area contributed by atoms with Crippen LogP contribution in [0.25, 0.3) is 0 Å². The smallest absolute Gasteiger partial charge is 0.0724 e. The molecule has 1 aliphatic rings. The molecule has 0 aromatic heterocycles. The lowest BCUT2D eigenvalue weighted by atomic mass is 9.98. The van der Waals surface area contributed by atoms with Crippen LogP contribution in [0.4, 0.5) is 0 Å². The Morgan fingerprint density at radius 2 is 1.48 bits per heavy atom. The highest BCUT2D eigenvalue weighted by Gasteiger charge is 2.18. The van der Waals surface area contributed by atoms with Gasteiger partial charge in [-0.15, -0.1) is 0 Å². The molecule has 0 radical (unpaired) electrons.